The van der Waals surface area contributed by atoms with Gasteiger partial charge in [0.15, 0.2) is 0 Å². The van der Waals surface area contributed by atoms with Crippen LogP contribution in [0.1, 0.15) is 27.2 Å². The summed E-state index contributed by atoms with van der Waals surface area (Å²) in [5, 5.41) is 6.45. The minimum absolute atomic E-state index is 0.00299. The lowest BCUT2D eigenvalue weighted by atomic mass is 10.1. The molecule has 18 heavy (non-hydrogen) atoms. The summed E-state index contributed by atoms with van der Waals surface area (Å²) in [5.74, 6) is 0.589. The highest BCUT2D eigenvalue weighted by Gasteiger charge is 2.13. The minimum Gasteiger partial charge on any atom is -0.368 e. The summed E-state index contributed by atoms with van der Waals surface area (Å²) in [6, 6.07) is 1.76. The molecule has 6 heteroatoms. The number of aromatic nitrogens is 1. The van der Waals surface area contributed by atoms with Crippen LogP contribution in [0.25, 0.3) is 0 Å². The summed E-state index contributed by atoms with van der Waals surface area (Å²) >= 11 is 9.28. The lowest BCUT2D eigenvalue weighted by Crippen LogP contribution is -2.41. The largest absolute Gasteiger partial charge is 0.368 e. The number of anilines is 1. The Hall–Kier alpha value is -0.810. The van der Waals surface area contributed by atoms with Gasteiger partial charge in [0.1, 0.15) is 5.82 Å². The molecule has 0 bridgehead atoms. The van der Waals surface area contributed by atoms with E-state index in [2.05, 4.69) is 31.5 Å². The molecule has 0 fully saturated rings. The Morgan fingerprint density at radius 2 is 2.17 bits per heavy atom. The van der Waals surface area contributed by atoms with E-state index in [1.54, 1.807) is 12.3 Å². The quantitative estimate of drug-likeness (QED) is 0.889. The van der Waals surface area contributed by atoms with Crippen molar-refractivity contribution >= 4 is 39.3 Å². The number of carbonyl (C=O) groups excluding carboxylic acids is 1. The topological polar surface area (TPSA) is 54.0 Å². The monoisotopic (exact) mass is 333 g/mol. The van der Waals surface area contributed by atoms with Crippen LogP contribution in [0.15, 0.2) is 16.7 Å². The zero-order chi connectivity index (χ0) is 13.8. The van der Waals surface area contributed by atoms with Gasteiger partial charge < -0.3 is 10.6 Å². The summed E-state index contributed by atoms with van der Waals surface area (Å²) in [7, 11) is 0. The van der Waals surface area contributed by atoms with Gasteiger partial charge in [-0.15, -0.1) is 0 Å². The van der Waals surface area contributed by atoms with Crippen LogP contribution in [0.5, 0.6) is 0 Å². The molecule has 0 aliphatic carbocycles. The molecule has 0 saturated heterocycles. The SMILES string of the molecule is CC(C)(C)NC(=O)CCNc1ncc(Br)cc1Cl. The van der Waals surface area contributed by atoms with Gasteiger partial charge in [-0.05, 0) is 42.8 Å². The average Bonchev–Trinajstić information content (AvgIpc) is 2.18. The number of amides is 1. The first-order valence-corrected chi connectivity index (χ1v) is 6.81. The van der Waals surface area contributed by atoms with Crippen LogP contribution in [-0.2, 0) is 4.79 Å². The van der Waals surface area contributed by atoms with Crippen molar-refractivity contribution in [1.29, 1.82) is 0 Å². The summed E-state index contributed by atoms with van der Waals surface area (Å²) in [6.45, 7) is 6.35. The van der Waals surface area contributed by atoms with E-state index >= 15 is 0 Å². The van der Waals surface area contributed by atoms with Gasteiger partial charge in [0.2, 0.25) is 5.91 Å². The van der Waals surface area contributed by atoms with E-state index in [1.807, 2.05) is 20.8 Å². The fraction of sp³-hybridized carbons (Fsp3) is 0.500. The molecule has 0 saturated carbocycles. The molecule has 1 aromatic heterocycles. The predicted octanol–water partition coefficient (Wildman–Crippen LogP) is 3.21. The fourth-order valence-corrected chi connectivity index (χ4v) is 2.02. The van der Waals surface area contributed by atoms with Gasteiger partial charge in [-0.2, -0.15) is 0 Å². The molecule has 0 radical (unpaired) electrons. The third-order valence-electron chi connectivity index (χ3n) is 1.97. The van der Waals surface area contributed by atoms with Gasteiger partial charge in [-0.1, -0.05) is 11.6 Å². The third-order valence-corrected chi connectivity index (χ3v) is 2.69. The van der Waals surface area contributed by atoms with Crippen molar-refractivity contribution in [3.05, 3.63) is 21.8 Å². The molecule has 0 aliphatic rings. The first-order chi connectivity index (χ1) is 8.28. The zero-order valence-electron chi connectivity index (χ0n) is 10.7. The Morgan fingerprint density at radius 1 is 1.50 bits per heavy atom. The zero-order valence-corrected chi connectivity index (χ0v) is 13.0. The fourth-order valence-electron chi connectivity index (χ4n) is 1.32. The number of pyridine rings is 1. The highest BCUT2D eigenvalue weighted by molar-refractivity contribution is 9.10. The van der Waals surface area contributed by atoms with Crippen LogP contribution in [0.3, 0.4) is 0 Å². The molecular formula is C12H17BrClN3O. The van der Waals surface area contributed by atoms with Crippen molar-refractivity contribution < 1.29 is 4.79 Å². The van der Waals surface area contributed by atoms with Crippen LogP contribution in [0.4, 0.5) is 5.82 Å². The number of hydrogen-bond acceptors (Lipinski definition) is 3. The van der Waals surface area contributed by atoms with Crippen molar-refractivity contribution in [2.45, 2.75) is 32.7 Å². The highest BCUT2D eigenvalue weighted by atomic mass is 79.9. The summed E-state index contributed by atoms with van der Waals surface area (Å²) in [5.41, 5.74) is -0.204. The van der Waals surface area contributed by atoms with Gasteiger partial charge in [0, 0.05) is 29.2 Å². The summed E-state index contributed by atoms with van der Waals surface area (Å²) in [6.07, 6.45) is 2.04. The molecule has 0 spiro atoms. The number of halogens is 2. The maximum Gasteiger partial charge on any atom is 0.222 e. The first kappa shape index (κ1) is 15.2. The van der Waals surface area contributed by atoms with Crippen LogP contribution in [-0.4, -0.2) is 23.0 Å². The number of hydrogen-bond donors (Lipinski definition) is 2. The number of rotatable bonds is 4. The molecule has 0 aliphatic heterocycles. The molecule has 1 heterocycles. The van der Waals surface area contributed by atoms with Crippen molar-refractivity contribution in [3.8, 4) is 0 Å². The van der Waals surface area contributed by atoms with Gasteiger partial charge in [0.25, 0.3) is 0 Å². The Kier molecular flexibility index (Phi) is 5.41. The number of carbonyl (C=O) groups is 1. The Morgan fingerprint density at radius 3 is 2.72 bits per heavy atom. The van der Waals surface area contributed by atoms with Crippen LogP contribution in [0.2, 0.25) is 5.02 Å². The molecule has 2 N–H and O–H groups in total. The predicted molar refractivity (Wildman–Crippen MR) is 77.9 cm³/mol. The summed E-state index contributed by atoms with van der Waals surface area (Å²) < 4.78 is 0.823. The molecule has 100 valence electrons. The van der Waals surface area contributed by atoms with Crippen molar-refractivity contribution in [3.63, 3.8) is 0 Å². The van der Waals surface area contributed by atoms with Gasteiger partial charge in [-0.25, -0.2) is 4.98 Å². The van der Waals surface area contributed by atoms with Crippen LogP contribution in [0, 0.1) is 0 Å². The molecule has 0 unspecified atom stereocenters. The van der Waals surface area contributed by atoms with E-state index in [4.69, 9.17) is 11.6 Å². The summed E-state index contributed by atoms with van der Waals surface area (Å²) in [4.78, 5) is 15.7. The van der Waals surface area contributed by atoms with E-state index in [0.717, 1.165) is 4.47 Å². The average molecular weight is 335 g/mol. The molecule has 1 rings (SSSR count). The second-order valence-electron chi connectivity index (χ2n) is 4.96. The van der Waals surface area contributed by atoms with E-state index in [9.17, 15) is 4.79 Å². The van der Waals surface area contributed by atoms with Crippen LogP contribution >= 0.6 is 27.5 Å². The van der Waals surface area contributed by atoms with Crippen LogP contribution < -0.4 is 10.6 Å². The molecule has 0 aromatic carbocycles. The lowest BCUT2D eigenvalue weighted by molar-refractivity contribution is -0.122. The second kappa shape index (κ2) is 6.38. The molecule has 1 amide bonds. The van der Waals surface area contributed by atoms with Crippen molar-refractivity contribution in [2.75, 3.05) is 11.9 Å². The molecule has 1 aromatic rings. The molecule has 0 atom stereocenters. The second-order valence-corrected chi connectivity index (χ2v) is 6.28. The highest BCUT2D eigenvalue weighted by Crippen LogP contribution is 2.22. The van der Waals surface area contributed by atoms with Crippen molar-refractivity contribution in [1.82, 2.24) is 10.3 Å². The number of nitrogens with one attached hydrogen (secondary N) is 2. The minimum atomic E-state index is -0.204. The van der Waals surface area contributed by atoms with Gasteiger partial charge in [-0.3, -0.25) is 4.79 Å². The molecular weight excluding hydrogens is 318 g/mol. The Labute approximate surface area is 121 Å². The number of nitrogens with zero attached hydrogens (tertiary/aromatic N) is 1. The standard InChI is InChI=1S/C12H17BrClN3O/c1-12(2,3)17-10(18)4-5-15-11-9(14)6-8(13)7-16-11/h6-7H,4-5H2,1-3H3,(H,15,16)(H,17,18). The maximum atomic E-state index is 11.6. The van der Waals surface area contributed by atoms with E-state index in [0.29, 0.717) is 23.8 Å². The van der Waals surface area contributed by atoms with E-state index in [1.165, 1.54) is 0 Å². The maximum absolute atomic E-state index is 11.6. The Balaban J connectivity index is 2.40. The normalized spacial score (nSPS) is 11.2. The van der Waals surface area contributed by atoms with Gasteiger partial charge in [0.05, 0.1) is 5.02 Å². The van der Waals surface area contributed by atoms with Gasteiger partial charge >= 0.3 is 0 Å². The lowest BCUT2D eigenvalue weighted by Gasteiger charge is -2.20. The first-order valence-electron chi connectivity index (χ1n) is 5.64. The third kappa shape index (κ3) is 5.69. The van der Waals surface area contributed by atoms with Crippen molar-refractivity contribution in [2.24, 2.45) is 0 Å². The Bertz CT molecular complexity index is 432. The molecule has 4 nitrogen and oxygen atoms in total. The van der Waals surface area contributed by atoms with E-state index in [-0.39, 0.29) is 11.4 Å². The smallest absolute Gasteiger partial charge is 0.222 e. The van der Waals surface area contributed by atoms with E-state index < -0.39 is 0 Å².